The fourth-order valence-electron chi connectivity index (χ4n) is 2.42. The SMILES string of the molecule is Cc1ccc(C(=O)NS(=O)(=O)c2cccc(S(=O)(=O)N3CCC3)c2)cc1. The number of rotatable bonds is 5. The van der Waals surface area contributed by atoms with E-state index in [1.54, 1.807) is 12.1 Å². The fraction of sp³-hybridized carbons (Fsp3) is 0.235. The molecule has 0 spiro atoms. The first-order valence-corrected chi connectivity index (χ1v) is 10.9. The highest BCUT2D eigenvalue weighted by atomic mass is 32.2. The first kappa shape index (κ1) is 18.6. The molecule has 1 amide bonds. The molecule has 0 aliphatic carbocycles. The maximum Gasteiger partial charge on any atom is 0.264 e. The van der Waals surface area contributed by atoms with Crippen molar-refractivity contribution in [3.63, 3.8) is 0 Å². The number of aryl methyl sites for hydroxylation is 1. The van der Waals surface area contributed by atoms with Crippen LogP contribution in [0.1, 0.15) is 22.3 Å². The van der Waals surface area contributed by atoms with E-state index in [-0.39, 0.29) is 15.4 Å². The number of nitrogens with zero attached hydrogens (tertiary/aromatic N) is 1. The first-order valence-electron chi connectivity index (χ1n) is 7.94. The van der Waals surface area contributed by atoms with Crippen molar-refractivity contribution in [2.24, 2.45) is 0 Å². The summed E-state index contributed by atoms with van der Waals surface area (Å²) in [7, 11) is -7.91. The lowest BCUT2D eigenvalue weighted by Gasteiger charge is -2.29. The number of sulfonamides is 2. The van der Waals surface area contributed by atoms with E-state index in [0.717, 1.165) is 18.1 Å². The Kier molecular flexibility index (Phi) is 4.87. The quantitative estimate of drug-likeness (QED) is 0.828. The van der Waals surface area contributed by atoms with Crippen molar-refractivity contribution in [3.05, 3.63) is 59.7 Å². The van der Waals surface area contributed by atoms with Crippen LogP contribution in [-0.4, -0.2) is 40.1 Å². The number of carbonyl (C=O) groups excluding carboxylic acids is 1. The van der Waals surface area contributed by atoms with Gasteiger partial charge in [0.05, 0.1) is 9.79 Å². The molecular formula is C17H18N2O5S2. The van der Waals surface area contributed by atoms with Crippen molar-refractivity contribution in [2.75, 3.05) is 13.1 Å². The van der Waals surface area contributed by atoms with Gasteiger partial charge >= 0.3 is 0 Å². The summed E-state index contributed by atoms with van der Waals surface area (Å²) in [6.45, 7) is 2.69. The zero-order chi connectivity index (χ0) is 18.9. The van der Waals surface area contributed by atoms with Gasteiger partial charge in [-0.05, 0) is 43.7 Å². The second-order valence-electron chi connectivity index (χ2n) is 6.03. The monoisotopic (exact) mass is 394 g/mol. The molecule has 0 bridgehead atoms. The lowest BCUT2D eigenvalue weighted by Crippen LogP contribution is -2.42. The van der Waals surface area contributed by atoms with Crippen LogP contribution in [0.15, 0.2) is 58.3 Å². The smallest absolute Gasteiger partial charge is 0.264 e. The van der Waals surface area contributed by atoms with Crippen LogP contribution in [0.4, 0.5) is 0 Å². The van der Waals surface area contributed by atoms with Gasteiger partial charge in [0.25, 0.3) is 15.9 Å². The van der Waals surface area contributed by atoms with Gasteiger partial charge in [-0.3, -0.25) is 4.79 Å². The molecule has 0 unspecified atom stereocenters. The van der Waals surface area contributed by atoms with Gasteiger partial charge in [0.1, 0.15) is 0 Å². The minimum absolute atomic E-state index is 0.108. The molecule has 0 aromatic heterocycles. The van der Waals surface area contributed by atoms with Gasteiger partial charge in [-0.25, -0.2) is 21.6 Å². The third kappa shape index (κ3) is 3.64. The van der Waals surface area contributed by atoms with Crippen LogP contribution < -0.4 is 4.72 Å². The summed E-state index contributed by atoms with van der Waals surface area (Å²) in [6.07, 6.45) is 0.782. The lowest BCUT2D eigenvalue weighted by molar-refractivity contribution is 0.0981. The van der Waals surface area contributed by atoms with Gasteiger partial charge in [-0.1, -0.05) is 23.8 Å². The van der Waals surface area contributed by atoms with Gasteiger partial charge < -0.3 is 0 Å². The lowest BCUT2D eigenvalue weighted by atomic mass is 10.1. The summed E-state index contributed by atoms with van der Waals surface area (Å²) < 4.78 is 53.0. The average Bonchev–Trinajstić information content (AvgIpc) is 2.53. The van der Waals surface area contributed by atoms with E-state index in [4.69, 9.17) is 0 Å². The van der Waals surface area contributed by atoms with Gasteiger partial charge in [-0.2, -0.15) is 4.31 Å². The van der Waals surface area contributed by atoms with Crippen LogP contribution in [0.25, 0.3) is 0 Å². The summed E-state index contributed by atoms with van der Waals surface area (Å²) in [6, 6.07) is 11.4. The van der Waals surface area contributed by atoms with Gasteiger partial charge in [0.15, 0.2) is 0 Å². The summed E-state index contributed by atoms with van der Waals surface area (Å²) in [5.41, 5.74) is 1.14. The average molecular weight is 394 g/mol. The van der Waals surface area contributed by atoms with Crippen LogP contribution in [0, 0.1) is 6.92 Å². The largest absolute Gasteiger partial charge is 0.268 e. The van der Waals surface area contributed by atoms with E-state index in [0.29, 0.717) is 13.1 Å². The van der Waals surface area contributed by atoms with Gasteiger partial charge in [-0.15, -0.1) is 0 Å². The Morgan fingerprint density at radius 1 is 0.962 bits per heavy atom. The molecule has 3 rings (SSSR count). The van der Waals surface area contributed by atoms with E-state index in [1.807, 2.05) is 11.6 Å². The molecule has 138 valence electrons. The number of benzene rings is 2. The minimum atomic E-state index is -4.20. The van der Waals surface area contributed by atoms with E-state index >= 15 is 0 Å². The fourth-order valence-corrected chi connectivity index (χ4v) is 5.08. The topological polar surface area (TPSA) is 101 Å². The Labute approximate surface area is 152 Å². The number of nitrogens with one attached hydrogen (secondary N) is 1. The predicted molar refractivity (Wildman–Crippen MR) is 95.6 cm³/mol. The molecular weight excluding hydrogens is 376 g/mol. The van der Waals surface area contributed by atoms with E-state index in [9.17, 15) is 21.6 Å². The second kappa shape index (κ2) is 6.82. The van der Waals surface area contributed by atoms with Crippen molar-refractivity contribution in [2.45, 2.75) is 23.1 Å². The molecule has 1 aliphatic heterocycles. The van der Waals surface area contributed by atoms with Crippen molar-refractivity contribution < 1.29 is 21.6 Å². The van der Waals surface area contributed by atoms with Crippen molar-refractivity contribution in [1.82, 2.24) is 9.03 Å². The zero-order valence-electron chi connectivity index (χ0n) is 14.0. The first-order chi connectivity index (χ1) is 12.2. The Hall–Kier alpha value is -2.23. The molecule has 1 N–H and O–H groups in total. The molecule has 2 aromatic carbocycles. The minimum Gasteiger partial charge on any atom is -0.268 e. The third-order valence-corrected chi connectivity index (χ3v) is 7.33. The maximum absolute atomic E-state index is 12.5. The molecule has 2 aromatic rings. The third-order valence-electron chi connectivity index (χ3n) is 4.11. The Bertz CT molecular complexity index is 1040. The predicted octanol–water partition coefficient (Wildman–Crippen LogP) is 1.51. The Morgan fingerprint density at radius 3 is 2.15 bits per heavy atom. The molecule has 0 atom stereocenters. The maximum atomic E-state index is 12.5. The Balaban J connectivity index is 1.86. The van der Waals surface area contributed by atoms with E-state index < -0.39 is 26.0 Å². The Morgan fingerprint density at radius 2 is 1.58 bits per heavy atom. The molecule has 1 aliphatic rings. The number of hydrogen-bond donors (Lipinski definition) is 1. The molecule has 1 fully saturated rings. The van der Waals surface area contributed by atoms with Crippen LogP contribution >= 0.6 is 0 Å². The van der Waals surface area contributed by atoms with Crippen LogP contribution in [0.2, 0.25) is 0 Å². The highest BCUT2D eigenvalue weighted by Gasteiger charge is 2.30. The van der Waals surface area contributed by atoms with Crippen LogP contribution in [0.3, 0.4) is 0 Å². The standard InChI is InChI=1S/C17H18N2O5S2/c1-13-6-8-14(9-7-13)17(20)18-25(21,22)15-4-2-5-16(12-15)26(23,24)19-10-3-11-19/h2,4-9,12H,3,10-11H2,1H3,(H,18,20). The van der Waals surface area contributed by atoms with Gasteiger partial charge in [0.2, 0.25) is 10.0 Å². The van der Waals surface area contributed by atoms with E-state index in [1.165, 1.54) is 34.6 Å². The van der Waals surface area contributed by atoms with Crippen LogP contribution in [-0.2, 0) is 20.0 Å². The van der Waals surface area contributed by atoms with Crippen LogP contribution in [0.5, 0.6) is 0 Å². The van der Waals surface area contributed by atoms with Crippen molar-refractivity contribution in [3.8, 4) is 0 Å². The summed E-state index contributed by atoms with van der Waals surface area (Å²) >= 11 is 0. The molecule has 9 heteroatoms. The summed E-state index contributed by atoms with van der Waals surface area (Å²) in [5.74, 6) is -0.777. The highest BCUT2D eigenvalue weighted by Crippen LogP contribution is 2.23. The highest BCUT2D eigenvalue weighted by molar-refractivity contribution is 7.90. The zero-order valence-corrected chi connectivity index (χ0v) is 15.7. The summed E-state index contributed by atoms with van der Waals surface area (Å²) in [4.78, 5) is 11.8. The molecule has 0 saturated carbocycles. The number of amides is 1. The number of carbonyl (C=O) groups is 1. The van der Waals surface area contributed by atoms with Crippen molar-refractivity contribution >= 4 is 26.0 Å². The molecule has 0 radical (unpaired) electrons. The second-order valence-corrected chi connectivity index (χ2v) is 9.65. The summed E-state index contributed by atoms with van der Waals surface area (Å²) in [5, 5.41) is 0. The van der Waals surface area contributed by atoms with Gasteiger partial charge in [0, 0.05) is 18.7 Å². The molecule has 26 heavy (non-hydrogen) atoms. The normalized spacial score (nSPS) is 15.3. The number of hydrogen-bond acceptors (Lipinski definition) is 5. The molecule has 7 nitrogen and oxygen atoms in total. The van der Waals surface area contributed by atoms with Crippen molar-refractivity contribution in [1.29, 1.82) is 0 Å². The molecule has 1 heterocycles. The molecule has 1 saturated heterocycles. The van der Waals surface area contributed by atoms with E-state index in [2.05, 4.69) is 0 Å².